The van der Waals surface area contributed by atoms with Crippen LogP contribution in [0.4, 0.5) is 10.5 Å². The number of hydrogen-bond acceptors (Lipinski definition) is 4. The van der Waals surface area contributed by atoms with E-state index in [-0.39, 0.29) is 18.4 Å². The van der Waals surface area contributed by atoms with Crippen molar-refractivity contribution in [3.8, 4) is 0 Å². The minimum atomic E-state index is -0.846. The van der Waals surface area contributed by atoms with Crippen molar-refractivity contribution in [2.24, 2.45) is 5.92 Å². The van der Waals surface area contributed by atoms with Crippen molar-refractivity contribution in [3.05, 3.63) is 29.8 Å². The van der Waals surface area contributed by atoms with E-state index < -0.39 is 17.5 Å². The van der Waals surface area contributed by atoms with E-state index in [1.807, 2.05) is 4.90 Å². The summed E-state index contributed by atoms with van der Waals surface area (Å²) in [6.07, 6.45) is 5.06. The summed E-state index contributed by atoms with van der Waals surface area (Å²) >= 11 is 0. The van der Waals surface area contributed by atoms with Gasteiger partial charge in [0.05, 0.1) is 0 Å². The van der Waals surface area contributed by atoms with Crippen LogP contribution in [0.25, 0.3) is 0 Å². The largest absolute Gasteiger partial charge is 0.339 e. The zero-order valence-electron chi connectivity index (χ0n) is 17.3. The molecule has 1 aromatic rings. The van der Waals surface area contributed by atoms with Crippen LogP contribution in [0.2, 0.25) is 0 Å². The summed E-state index contributed by atoms with van der Waals surface area (Å²) in [7, 11) is 0. The topological polar surface area (TPSA) is 98.8 Å². The van der Waals surface area contributed by atoms with Crippen molar-refractivity contribution in [1.29, 1.82) is 0 Å². The second kappa shape index (κ2) is 8.08. The molecular formula is C22H28N4O4. The lowest BCUT2D eigenvalue weighted by molar-refractivity contribution is -0.135. The number of hydrogen-bond donors (Lipinski definition) is 2. The van der Waals surface area contributed by atoms with Crippen molar-refractivity contribution in [2.45, 2.75) is 51.0 Å². The van der Waals surface area contributed by atoms with Crippen molar-refractivity contribution < 1.29 is 19.2 Å². The zero-order valence-corrected chi connectivity index (χ0v) is 17.3. The van der Waals surface area contributed by atoms with Gasteiger partial charge in [0, 0.05) is 24.3 Å². The molecular weight excluding hydrogens is 384 g/mol. The normalized spacial score (nSPS) is 26.2. The van der Waals surface area contributed by atoms with Crippen LogP contribution in [0, 0.1) is 5.92 Å². The van der Waals surface area contributed by atoms with Gasteiger partial charge in [-0.25, -0.2) is 4.79 Å². The molecule has 2 heterocycles. The first kappa shape index (κ1) is 20.4. The Bertz CT molecular complexity index is 852. The summed E-state index contributed by atoms with van der Waals surface area (Å²) in [5.74, 6) is -0.214. The Morgan fingerprint density at radius 2 is 1.73 bits per heavy atom. The van der Waals surface area contributed by atoms with Crippen LogP contribution in [0.1, 0.15) is 55.8 Å². The number of benzene rings is 1. The molecule has 0 unspecified atom stereocenters. The number of nitrogens with one attached hydrogen (secondary N) is 2. The predicted octanol–water partition coefficient (Wildman–Crippen LogP) is 2.36. The number of carbonyl (C=O) groups is 4. The maximum Gasteiger partial charge on any atom is 0.325 e. The molecule has 0 atom stereocenters. The molecule has 2 saturated heterocycles. The average Bonchev–Trinajstić information content (AvgIpc) is 3.34. The molecule has 3 aliphatic rings. The van der Waals surface area contributed by atoms with E-state index >= 15 is 0 Å². The van der Waals surface area contributed by atoms with Crippen LogP contribution >= 0.6 is 0 Å². The van der Waals surface area contributed by atoms with Crippen LogP contribution in [-0.2, 0) is 9.59 Å². The highest BCUT2D eigenvalue weighted by Gasteiger charge is 2.52. The first-order valence-corrected chi connectivity index (χ1v) is 10.7. The number of nitrogens with zero attached hydrogens (tertiary/aromatic N) is 2. The maximum absolute atomic E-state index is 12.9. The van der Waals surface area contributed by atoms with Gasteiger partial charge in [0.2, 0.25) is 5.91 Å². The fourth-order valence-corrected chi connectivity index (χ4v) is 4.56. The molecule has 1 aromatic carbocycles. The van der Waals surface area contributed by atoms with E-state index in [2.05, 4.69) is 17.6 Å². The first-order chi connectivity index (χ1) is 14.4. The fraction of sp³-hybridized carbons (Fsp3) is 0.545. The summed E-state index contributed by atoms with van der Waals surface area (Å²) in [6.45, 7) is 3.38. The average molecular weight is 412 g/mol. The Morgan fingerprint density at radius 3 is 2.37 bits per heavy atom. The smallest absolute Gasteiger partial charge is 0.325 e. The van der Waals surface area contributed by atoms with Crippen molar-refractivity contribution >= 4 is 29.4 Å². The molecule has 0 bridgehead atoms. The SMILES string of the molecule is CC1CCC2(CC1)NC(=O)N(CC(=O)Nc1ccc(C(=O)N3CCCC3)cc1)C2=O. The Kier molecular flexibility index (Phi) is 5.49. The summed E-state index contributed by atoms with van der Waals surface area (Å²) in [4.78, 5) is 52.9. The lowest BCUT2D eigenvalue weighted by Gasteiger charge is -2.33. The molecule has 1 spiro atoms. The lowest BCUT2D eigenvalue weighted by Crippen LogP contribution is -2.49. The van der Waals surface area contributed by atoms with Gasteiger partial charge in [-0.2, -0.15) is 0 Å². The number of rotatable bonds is 4. The van der Waals surface area contributed by atoms with Gasteiger partial charge < -0.3 is 15.5 Å². The van der Waals surface area contributed by atoms with Crippen LogP contribution < -0.4 is 10.6 Å². The third-order valence-electron chi connectivity index (χ3n) is 6.48. The van der Waals surface area contributed by atoms with Gasteiger partial charge in [0.25, 0.3) is 11.8 Å². The van der Waals surface area contributed by atoms with Crippen LogP contribution in [0.3, 0.4) is 0 Å². The van der Waals surface area contributed by atoms with Gasteiger partial charge in [-0.05, 0) is 68.7 Å². The quantitative estimate of drug-likeness (QED) is 0.742. The van der Waals surface area contributed by atoms with E-state index in [1.165, 1.54) is 0 Å². The van der Waals surface area contributed by atoms with Gasteiger partial charge in [-0.15, -0.1) is 0 Å². The number of urea groups is 1. The maximum atomic E-state index is 12.9. The second-order valence-electron chi connectivity index (χ2n) is 8.71. The summed E-state index contributed by atoms with van der Waals surface area (Å²) in [5.41, 5.74) is 0.255. The Balaban J connectivity index is 1.35. The molecule has 3 fully saturated rings. The molecule has 8 heteroatoms. The number of carbonyl (C=O) groups excluding carboxylic acids is 4. The lowest BCUT2D eigenvalue weighted by atomic mass is 9.77. The molecule has 8 nitrogen and oxygen atoms in total. The summed E-state index contributed by atoms with van der Waals surface area (Å²) < 4.78 is 0. The molecule has 5 amide bonds. The standard InChI is InChI=1S/C22H28N4O4/c1-15-8-10-22(11-9-15)20(29)26(21(30)24-22)14-18(27)23-17-6-4-16(5-7-17)19(28)25-12-2-3-13-25/h4-7,15H,2-3,8-14H2,1H3,(H,23,27)(H,24,30). The van der Waals surface area contributed by atoms with Crippen molar-refractivity contribution in [3.63, 3.8) is 0 Å². The molecule has 30 heavy (non-hydrogen) atoms. The highest BCUT2D eigenvalue weighted by molar-refractivity contribution is 6.10. The molecule has 0 radical (unpaired) electrons. The van der Waals surface area contributed by atoms with E-state index in [0.717, 1.165) is 43.7 Å². The van der Waals surface area contributed by atoms with Crippen LogP contribution in [0.5, 0.6) is 0 Å². The van der Waals surface area contributed by atoms with Crippen LogP contribution in [-0.4, -0.2) is 58.7 Å². The second-order valence-corrected chi connectivity index (χ2v) is 8.71. The van der Waals surface area contributed by atoms with Gasteiger partial charge >= 0.3 is 6.03 Å². The minimum absolute atomic E-state index is 0.00295. The predicted molar refractivity (Wildman–Crippen MR) is 111 cm³/mol. The first-order valence-electron chi connectivity index (χ1n) is 10.7. The van der Waals surface area contributed by atoms with Gasteiger partial charge in [0.15, 0.2) is 0 Å². The van der Waals surface area contributed by atoms with Gasteiger partial charge in [-0.1, -0.05) is 6.92 Å². The van der Waals surface area contributed by atoms with E-state index in [4.69, 9.17) is 0 Å². The Labute approximate surface area is 176 Å². The molecule has 160 valence electrons. The van der Waals surface area contributed by atoms with Crippen LogP contribution in [0.15, 0.2) is 24.3 Å². The third-order valence-corrected chi connectivity index (χ3v) is 6.48. The third kappa shape index (κ3) is 3.91. The summed E-state index contributed by atoms with van der Waals surface area (Å²) in [6, 6.07) is 6.19. The zero-order chi connectivity index (χ0) is 21.3. The Hall–Kier alpha value is -2.90. The molecule has 2 N–H and O–H groups in total. The van der Waals surface area contributed by atoms with Gasteiger partial charge in [-0.3, -0.25) is 19.3 Å². The highest BCUT2D eigenvalue weighted by Crippen LogP contribution is 2.36. The number of anilines is 1. The molecule has 2 aliphatic heterocycles. The van der Waals surface area contributed by atoms with E-state index in [0.29, 0.717) is 30.0 Å². The fourth-order valence-electron chi connectivity index (χ4n) is 4.56. The molecule has 1 aliphatic carbocycles. The monoisotopic (exact) mass is 412 g/mol. The molecule has 4 rings (SSSR count). The van der Waals surface area contributed by atoms with Crippen molar-refractivity contribution in [1.82, 2.24) is 15.1 Å². The highest BCUT2D eigenvalue weighted by atomic mass is 16.2. The van der Waals surface area contributed by atoms with E-state index in [1.54, 1.807) is 24.3 Å². The minimum Gasteiger partial charge on any atom is -0.339 e. The number of likely N-dealkylation sites (tertiary alicyclic amines) is 1. The van der Waals surface area contributed by atoms with Gasteiger partial charge in [0.1, 0.15) is 12.1 Å². The number of amides is 5. The van der Waals surface area contributed by atoms with E-state index in [9.17, 15) is 19.2 Å². The number of imide groups is 1. The molecule has 0 aromatic heterocycles. The van der Waals surface area contributed by atoms with Crippen molar-refractivity contribution in [2.75, 3.05) is 25.0 Å². The Morgan fingerprint density at radius 1 is 1.10 bits per heavy atom. The molecule has 1 saturated carbocycles. The summed E-state index contributed by atoms with van der Waals surface area (Å²) in [5, 5.41) is 5.53.